The fourth-order valence-electron chi connectivity index (χ4n) is 4.09. The molecule has 8 nitrogen and oxygen atoms in total. The third kappa shape index (κ3) is 3.23. The summed E-state index contributed by atoms with van der Waals surface area (Å²) in [6, 6.07) is 6.36. The smallest absolute Gasteiger partial charge is 0.341 e. The Labute approximate surface area is 182 Å². The first kappa shape index (κ1) is 19.9. The minimum atomic E-state index is -0.686. The van der Waals surface area contributed by atoms with Crippen molar-refractivity contribution in [1.29, 1.82) is 0 Å². The molecule has 0 saturated carbocycles. The molecule has 4 heterocycles. The van der Waals surface area contributed by atoms with Crippen LogP contribution in [0.2, 0.25) is 5.02 Å². The van der Waals surface area contributed by atoms with Gasteiger partial charge in [0.2, 0.25) is 5.78 Å². The number of nitrogens with zero attached hydrogens (tertiary/aromatic N) is 3. The Morgan fingerprint density at radius 3 is 2.77 bits per heavy atom. The van der Waals surface area contributed by atoms with Crippen LogP contribution in [0, 0.1) is 0 Å². The molecule has 0 spiro atoms. The number of ketones is 2. The molecule has 0 radical (unpaired) electrons. The van der Waals surface area contributed by atoms with Crippen molar-refractivity contribution in [2.24, 2.45) is 0 Å². The molecule has 9 heteroatoms. The Bertz CT molecular complexity index is 1230. The number of carbonyl (C=O) groups is 3. The van der Waals surface area contributed by atoms with Crippen molar-refractivity contribution in [3.05, 3.63) is 69.8 Å². The second kappa shape index (κ2) is 7.88. The minimum Gasteiger partial charge on any atom is -0.461 e. The van der Waals surface area contributed by atoms with Gasteiger partial charge in [-0.05, 0) is 24.3 Å². The number of halogens is 1. The first-order valence-corrected chi connectivity index (χ1v) is 10.3. The molecule has 1 fully saturated rings. The predicted molar refractivity (Wildman–Crippen MR) is 111 cm³/mol. The fraction of sp³-hybridized carbons (Fsp3) is 0.273. The molecule has 5 rings (SSSR count). The third-order valence-electron chi connectivity index (χ3n) is 5.57. The highest BCUT2D eigenvalue weighted by Crippen LogP contribution is 2.36. The Kier molecular flexibility index (Phi) is 5.05. The van der Waals surface area contributed by atoms with E-state index in [0.29, 0.717) is 19.8 Å². The largest absolute Gasteiger partial charge is 0.461 e. The lowest BCUT2D eigenvalue weighted by molar-refractivity contribution is 0.0196. The van der Waals surface area contributed by atoms with Gasteiger partial charge < -0.3 is 13.9 Å². The summed E-state index contributed by atoms with van der Waals surface area (Å²) >= 11 is 6.40. The van der Waals surface area contributed by atoms with Crippen molar-refractivity contribution < 1.29 is 23.9 Å². The molecule has 1 saturated heterocycles. The van der Waals surface area contributed by atoms with Gasteiger partial charge in [0.15, 0.2) is 5.78 Å². The Morgan fingerprint density at radius 1 is 1.16 bits per heavy atom. The van der Waals surface area contributed by atoms with Crippen molar-refractivity contribution in [3.63, 3.8) is 0 Å². The maximum absolute atomic E-state index is 13.3. The van der Waals surface area contributed by atoms with Crippen LogP contribution >= 0.6 is 11.6 Å². The number of aromatic nitrogens is 2. The van der Waals surface area contributed by atoms with Crippen molar-refractivity contribution >= 4 is 34.7 Å². The van der Waals surface area contributed by atoms with Gasteiger partial charge in [0.1, 0.15) is 18.0 Å². The number of morpholine rings is 1. The molecule has 0 N–H and O–H groups in total. The van der Waals surface area contributed by atoms with Gasteiger partial charge in [-0.3, -0.25) is 19.5 Å². The van der Waals surface area contributed by atoms with Crippen LogP contribution in [0.15, 0.2) is 36.7 Å². The molecule has 31 heavy (non-hydrogen) atoms. The SMILES string of the molecule is O=C1c2cccnc2C(=O)c2c1c(C(=O)OCCN1CCOCC1)c1c(Cl)cccn21. The number of pyridine rings is 2. The van der Waals surface area contributed by atoms with Gasteiger partial charge >= 0.3 is 5.97 Å². The molecule has 3 aromatic rings. The van der Waals surface area contributed by atoms with Gasteiger partial charge in [0, 0.05) is 32.0 Å². The molecule has 0 amide bonds. The normalized spacial score (nSPS) is 16.3. The number of rotatable bonds is 4. The van der Waals surface area contributed by atoms with Crippen LogP contribution in [0.1, 0.15) is 42.5 Å². The van der Waals surface area contributed by atoms with E-state index in [-0.39, 0.29) is 45.2 Å². The first-order chi connectivity index (χ1) is 15.1. The standard InChI is InChI=1S/C22H18ClN3O5/c23-14-4-2-6-26-18(14)16(22(29)31-12-9-25-7-10-30-11-8-25)15-19(26)21(28)17-13(20(15)27)3-1-5-24-17/h1-6H,7-12H2. The number of hydrogen-bond acceptors (Lipinski definition) is 7. The van der Waals surface area contributed by atoms with E-state index < -0.39 is 17.5 Å². The monoisotopic (exact) mass is 439 g/mol. The highest BCUT2D eigenvalue weighted by molar-refractivity contribution is 6.37. The Balaban J connectivity index is 1.56. The van der Waals surface area contributed by atoms with E-state index in [1.54, 1.807) is 24.4 Å². The fourth-order valence-corrected chi connectivity index (χ4v) is 4.35. The molecule has 2 aliphatic rings. The van der Waals surface area contributed by atoms with E-state index in [4.69, 9.17) is 21.1 Å². The number of fused-ring (bicyclic) bond motifs is 4. The average Bonchev–Trinajstić information content (AvgIpc) is 3.15. The predicted octanol–water partition coefficient (Wildman–Crippen LogP) is 2.25. The molecule has 0 unspecified atom stereocenters. The van der Waals surface area contributed by atoms with Gasteiger partial charge in [0.05, 0.1) is 40.4 Å². The first-order valence-electron chi connectivity index (χ1n) is 9.92. The quantitative estimate of drug-likeness (QED) is 0.450. The molecule has 0 bridgehead atoms. The molecular weight excluding hydrogens is 422 g/mol. The number of esters is 1. The van der Waals surface area contributed by atoms with Crippen molar-refractivity contribution in [1.82, 2.24) is 14.3 Å². The van der Waals surface area contributed by atoms with Crippen molar-refractivity contribution in [3.8, 4) is 0 Å². The van der Waals surface area contributed by atoms with E-state index in [0.717, 1.165) is 13.1 Å². The van der Waals surface area contributed by atoms with Gasteiger partial charge in [-0.25, -0.2) is 4.79 Å². The van der Waals surface area contributed by atoms with Gasteiger partial charge in [-0.15, -0.1) is 0 Å². The molecule has 158 valence electrons. The van der Waals surface area contributed by atoms with Crippen LogP contribution < -0.4 is 0 Å². The van der Waals surface area contributed by atoms with E-state index >= 15 is 0 Å². The van der Waals surface area contributed by atoms with E-state index in [1.807, 2.05) is 0 Å². The van der Waals surface area contributed by atoms with Crippen molar-refractivity contribution in [2.45, 2.75) is 0 Å². The second-order valence-electron chi connectivity index (χ2n) is 7.32. The van der Waals surface area contributed by atoms with Crippen LogP contribution in [0.5, 0.6) is 0 Å². The van der Waals surface area contributed by atoms with Gasteiger partial charge in [-0.2, -0.15) is 0 Å². The van der Waals surface area contributed by atoms with E-state index in [2.05, 4.69) is 9.88 Å². The van der Waals surface area contributed by atoms with Crippen LogP contribution in [-0.4, -0.2) is 71.3 Å². The maximum Gasteiger partial charge on any atom is 0.341 e. The van der Waals surface area contributed by atoms with Crippen molar-refractivity contribution in [2.75, 3.05) is 39.5 Å². The molecule has 3 aromatic heterocycles. The summed E-state index contributed by atoms with van der Waals surface area (Å²) in [6.07, 6.45) is 3.06. The summed E-state index contributed by atoms with van der Waals surface area (Å²) in [5, 5.41) is 0.245. The highest BCUT2D eigenvalue weighted by Gasteiger charge is 2.39. The average molecular weight is 440 g/mol. The minimum absolute atomic E-state index is 0.00923. The zero-order chi connectivity index (χ0) is 21.5. The summed E-state index contributed by atoms with van der Waals surface area (Å²) < 4.78 is 12.3. The van der Waals surface area contributed by atoms with E-state index in [1.165, 1.54) is 16.7 Å². The van der Waals surface area contributed by atoms with Crippen LogP contribution in [-0.2, 0) is 9.47 Å². The molecule has 0 atom stereocenters. The third-order valence-corrected chi connectivity index (χ3v) is 5.87. The lowest BCUT2D eigenvalue weighted by atomic mass is 9.89. The van der Waals surface area contributed by atoms with Crippen LogP contribution in [0.4, 0.5) is 0 Å². The zero-order valence-corrected chi connectivity index (χ0v) is 17.2. The summed E-state index contributed by atoms with van der Waals surface area (Å²) in [5.74, 6) is -1.57. The van der Waals surface area contributed by atoms with Crippen LogP contribution in [0.25, 0.3) is 5.52 Å². The molecule has 1 aliphatic carbocycles. The second-order valence-corrected chi connectivity index (χ2v) is 7.73. The van der Waals surface area contributed by atoms with Gasteiger partial charge in [-0.1, -0.05) is 11.6 Å². The van der Waals surface area contributed by atoms with E-state index in [9.17, 15) is 14.4 Å². The summed E-state index contributed by atoms with van der Waals surface area (Å²) in [4.78, 5) is 45.8. The number of ether oxygens (including phenoxy) is 2. The van der Waals surface area contributed by atoms with Crippen LogP contribution in [0.3, 0.4) is 0 Å². The highest BCUT2D eigenvalue weighted by atomic mass is 35.5. The molecular formula is C22H18ClN3O5. The lowest BCUT2D eigenvalue weighted by Crippen LogP contribution is -2.38. The number of hydrogen-bond donors (Lipinski definition) is 0. The molecule has 0 aromatic carbocycles. The Hall–Kier alpha value is -3.07. The summed E-state index contributed by atoms with van der Waals surface area (Å²) in [7, 11) is 0. The topological polar surface area (TPSA) is 90.2 Å². The summed E-state index contributed by atoms with van der Waals surface area (Å²) in [5.41, 5.74) is 0.597. The number of carbonyl (C=O) groups excluding carboxylic acids is 3. The Morgan fingerprint density at radius 2 is 1.97 bits per heavy atom. The maximum atomic E-state index is 13.3. The lowest BCUT2D eigenvalue weighted by Gasteiger charge is -2.26. The summed E-state index contributed by atoms with van der Waals surface area (Å²) in [6.45, 7) is 3.53. The van der Waals surface area contributed by atoms with Gasteiger partial charge in [0.25, 0.3) is 0 Å². The zero-order valence-electron chi connectivity index (χ0n) is 16.5. The molecule has 1 aliphatic heterocycles.